The van der Waals surface area contributed by atoms with Gasteiger partial charge in [-0.1, -0.05) is 6.92 Å². The van der Waals surface area contributed by atoms with Crippen LogP contribution >= 0.6 is 0 Å². The van der Waals surface area contributed by atoms with Crippen molar-refractivity contribution in [1.29, 1.82) is 0 Å². The summed E-state index contributed by atoms with van der Waals surface area (Å²) in [4.78, 5) is 14.8. The predicted molar refractivity (Wildman–Crippen MR) is 117 cm³/mol. The number of hydrogen-bond acceptors (Lipinski definition) is 8. The summed E-state index contributed by atoms with van der Waals surface area (Å²) in [6.07, 6.45) is 1.79. The number of likely N-dealkylation sites (N-methyl/N-ethyl adjacent to an activating group) is 1. The second kappa shape index (κ2) is 7.14. The van der Waals surface area contributed by atoms with Gasteiger partial charge in [0.15, 0.2) is 0 Å². The summed E-state index contributed by atoms with van der Waals surface area (Å²) in [5.41, 5.74) is -3.52. The van der Waals surface area contributed by atoms with Gasteiger partial charge in [0, 0.05) is 64.4 Å². The van der Waals surface area contributed by atoms with E-state index < -0.39 is 28.7 Å². The molecule has 0 amide bonds. The van der Waals surface area contributed by atoms with Crippen molar-refractivity contribution in [3.8, 4) is 0 Å². The summed E-state index contributed by atoms with van der Waals surface area (Å²) in [7, 11) is 5.16. The Labute approximate surface area is 195 Å². The molecular formula is C25H39NO7. The molecule has 1 aliphatic heterocycles. The van der Waals surface area contributed by atoms with Crippen molar-refractivity contribution >= 4 is 5.97 Å². The summed E-state index contributed by atoms with van der Waals surface area (Å²) < 4.78 is 24.3. The Morgan fingerprint density at radius 3 is 2.45 bits per heavy atom. The zero-order chi connectivity index (χ0) is 23.5. The van der Waals surface area contributed by atoms with Crippen LogP contribution in [0.5, 0.6) is 0 Å². The van der Waals surface area contributed by atoms with Crippen LogP contribution in [-0.4, -0.2) is 97.2 Å². The van der Waals surface area contributed by atoms with Gasteiger partial charge >= 0.3 is 5.97 Å². The molecule has 1 saturated heterocycles. The van der Waals surface area contributed by atoms with E-state index in [0.717, 1.165) is 32.4 Å². The van der Waals surface area contributed by atoms with Gasteiger partial charge in [-0.3, -0.25) is 9.69 Å². The largest absolute Gasteiger partial charge is 0.459 e. The molecule has 8 nitrogen and oxygen atoms in total. The first kappa shape index (κ1) is 22.7. The Balaban J connectivity index is 1.66. The maximum absolute atomic E-state index is 12.9. The highest BCUT2D eigenvalue weighted by molar-refractivity contribution is 5.66. The SMILES string of the molecule is CCN1C[C@@H]2CC[C@H](OC)[C@]34C1[C@](O)([C@@H](OC(C)=O)[C@H]23)[C@@]1(O)C[C@H](OC)[C@H]2C[C@@H]4[C@@H]1[C@H]2OC. The van der Waals surface area contributed by atoms with Gasteiger partial charge in [0.2, 0.25) is 0 Å². The molecule has 6 aliphatic rings. The lowest BCUT2D eigenvalue weighted by atomic mass is 9.45. The monoisotopic (exact) mass is 465 g/mol. The third-order valence-corrected chi connectivity index (χ3v) is 11.1. The van der Waals surface area contributed by atoms with Gasteiger partial charge in [-0.15, -0.1) is 0 Å². The number of ether oxygens (including phenoxy) is 4. The summed E-state index contributed by atoms with van der Waals surface area (Å²) in [6, 6.07) is -0.344. The topological polar surface area (TPSA) is 97.7 Å². The van der Waals surface area contributed by atoms with Crippen molar-refractivity contribution < 1.29 is 34.0 Å². The van der Waals surface area contributed by atoms with E-state index in [1.165, 1.54) is 6.92 Å². The first-order chi connectivity index (χ1) is 15.7. The van der Waals surface area contributed by atoms with E-state index >= 15 is 0 Å². The third-order valence-electron chi connectivity index (χ3n) is 11.1. The van der Waals surface area contributed by atoms with E-state index in [4.69, 9.17) is 18.9 Å². The van der Waals surface area contributed by atoms with Crippen molar-refractivity contribution in [3.05, 3.63) is 0 Å². The first-order valence-electron chi connectivity index (χ1n) is 12.7. The zero-order valence-corrected chi connectivity index (χ0v) is 20.4. The van der Waals surface area contributed by atoms with Crippen LogP contribution in [0.3, 0.4) is 0 Å². The number of rotatable bonds is 5. The van der Waals surface area contributed by atoms with E-state index in [1.807, 2.05) is 0 Å². The molecule has 5 aliphatic carbocycles. The fourth-order valence-corrected chi connectivity index (χ4v) is 10.6. The molecule has 33 heavy (non-hydrogen) atoms. The molecule has 186 valence electrons. The normalized spacial score (nSPS) is 58.4. The molecule has 0 radical (unpaired) electrons. The Morgan fingerprint density at radius 2 is 1.85 bits per heavy atom. The Hall–Kier alpha value is -0.770. The average Bonchev–Trinajstić information content (AvgIpc) is 3.19. The lowest BCUT2D eigenvalue weighted by molar-refractivity contribution is -0.314. The number of methoxy groups -OCH3 is 3. The van der Waals surface area contributed by atoms with Crippen LogP contribution in [0.4, 0.5) is 0 Å². The highest BCUT2D eigenvalue weighted by atomic mass is 16.6. The van der Waals surface area contributed by atoms with Gasteiger partial charge in [0.25, 0.3) is 0 Å². The van der Waals surface area contributed by atoms with Gasteiger partial charge in [-0.2, -0.15) is 0 Å². The zero-order valence-electron chi connectivity index (χ0n) is 20.4. The quantitative estimate of drug-likeness (QED) is 0.576. The number of piperidine rings is 1. The fourth-order valence-electron chi connectivity index (χ4n) is 10.6. The molecule has 8 heteroatoms. The van der Waals surface area contributed by atoms with Crippen LogP contribution in [0.2, 0.25) is 0 Å². The number of likely N-dealkylation sites (tertiary alicyclic amines) is 1. The minimum atomic E-state index is -1.63. The van der Waals surface area contributed by atoms with Crippen molar-refractivity contribution in [1.82, 2.24) is 4.90 Å². The highest BCUT2D eigenvalue weighted by Crippen LogP contribution is 2.78. The summed E-state index contributed by atoms with van der Waals surface area (Å²) in [5.74, 6) is -0.172. The van der Waals surface area contributed by atoms with Gasteiger partial charge in [0.1, 0.15) is 17.3 Å². The lowest BCUT2D eigenvalue weighted by Gasteiger charge is -2.68. The standard InChI is InChI=1S/C25H39NO7/c1-6-26-11-13-7-8-17(31-4)24-15-9-14-16(30-3)10-23(28,19(15)20(14)32-5)25(29,22(24)26)21(18(13)24)33-12(2)27/h13-22,28-29H,6-11H2,1-5H3/t13-,14+,15+,16-,17-,18-,19+,20-,21-,22?,23+,24-,25+/m0/s1. The molecule has 1 heterocycles. The van der Waals surface area contributed by atoms with Crippen LogP contribution in [0.1, 0.15) is 39.5 Å². The van der Waals surface area contributed by atoms with Crippen molar-refractivity contribution in [3.63, 3.8) is 0 Å². The molecule has 0 aromatic heterocycles. The van der Waals surface area contributed by atoms with E-state index in [9.17, 15) is 15.0 Å². The minimum Gasteiger partial charge on any atom is -0.459 e. The molecule has 5 saturated carbocycles. The molecule has 13 atom stereocenters. The third kappa shape index (κ3) is 2.28. The minimum absolute atomic E-state index is 0.0465. The molecular weight excluding hydrogens is 426 g/mol. The Kier molecular flexibility index (Phi) is 4.91. The van der Waals surface area contributed by atoms with Gasteiger partial charge in [-0.05, 0) is 37.6 Å². The smallest absolute Gasteiger partial charge is 0.303 e. The second-order valence-corrected chi connectivity index (χ2v) is 11.6. The van der Waals surface area contributed by atoms with Crippen LogP contribution < -0.4 is 0 Å². The maximum Gasteiger partial charge on any atom is 0.303 e. The Morgan fingerprint density at radius 1 is 1.09 bits per heavy atom. The molecule has 0 aromatic carbocycles. The van der Waals surface area contributed by atoms with E-state index in [-0.39, 0.29) is 53.9 Å². The van der Waals surface area contributed by atoms with Crippen LogP contribution in [0.25, 0.3) is 0 Å². The van der Waals surface area contributed by atoms with Crippen LogP contribution in [0.15, 0.2) is 0 Å². The lowest BCUT2D eigenvalue weighted by Crippen LogP contribution is -2.81. The van der Waals surface area contributed by atoms with Gasteiger partial charge < -0.3 is 29.2 Å². The molecule has 2 N–H and O–H groups in total. The summed E-state index contributed by atoms with van der Waals surface area (Å²) in [5, 5.41) is 25.6. The number of nitrogens with zero attached hydrogens (tertiary/aromatic N) is 1. The van der Waals surface area contributed by atoms with Crippen molar-refractivity contribution in [2.24, 2.45) is 35.0 Å². The summed E-state index contributed by atoms with van der Waals surface area (Å²) >= 11 is 0. The average molecular weight is 466 g/mol. The number of esters is 1. The number of fused-ring (bicyclic) bond motifs is 2. The van der Waals surface area contributed by atoms with Crippen LogP contribution in [0, 0.1) is 35.0 Å². The van der Waals surface area contributed by atoms with Crippen molar-refractivity contribution in [2.75, 3.05) is 34.4 Å². The molecule has 6 rings (SSSR count). The van der Waals surface area contributed by atoms with Crippen molar-refractivity contribution in [2.45, 2.75) is 81.2 Å². The summed E-state index contributed by atoms with van der Waals surface area (Å²) in [6.45, 7) is 5.14. The number of aliphatic hydroxyl groups is 2. The molecule has 6 fully saturated rings. The number of hydrogen-bond donors (Lipinski definition) is 2. The maximum atomic E-state index is 12.9. The predicted octanol–water partition coefficient (Wildman–Crippen LogP) is 0.825. The second-order valence-electron chi connectivity index (χ2n) is 11.6. The first-order valence-corrected chi connectivity index (χ1v) is 12.7. The number of carbonyl (C=O) groups is 1. The van der Waals surface area contributed by atoms with E-state index in [2.05, 4.69) is 11.8 Å². The van der Waals surface area contributed by atoms with E-state index in [0.29, 0.717) is 6.42 Å². The van der Waals surface area contributed by atoms with E-state index in [1.54, 1.807) is 21.3 Å². The van der Waals surface area contributed by atoms with Gasteiger partial charge in [0.05, 0.1) is 24.4 Å². The van der Waals surface area contributed by atoms with Crippen LogP contribution in [-0.2, 0) is 23.7 Å². The molecule has 1 spiro atoms. The fraction of sp³-hybridized carbons (Fsp3) is 0.960. The molecule has 0 aromatic rings. The van der Waals surface area contributed by atoms with Gasteiger partial charge in [-0.25, -0.2) is 0 Å². The Bertz CT molecular complexity index is 840. The number of carbonyl (C=O) groups excluding carboxylic acids is 1. The highest BCUT2D eigenvalue weighted by Gasteiger charge is 2.90. The molecule has 1 unspecified atom stereocenters. The molecule has 7 bridgehead atoms.